The third-order valence-electron chi connectivity index (χ3n) is 14.2. The molecule has 308 valence electrons. The second kappa shape index (κ2) is 13.1. The molecule has 6 nitrogen and oxygen atoms in total. The van der Waals surface area contributed by atoms with Gasteiger partial charge < -0.3 is 26.5 Å². The minimum absolute atomic E-state index is 0.652. The van der Waals surface area contributed by atoms with Crippen LogP contribution in [0.1, 0.15) is 47.4 Å². The Hall–Kier alpha value is -6.48. The lowest BCUT2D eigenvalue weighted by Gasteiger charge is -2.07. The second-order valence-electron chi connectivity index (χ2n) is 17.4. The van der Waals surface area contributed by atoms with Crippen molar-refractivity contribution in [3.63, 3.8) is 0 Å². The van der Waals surface area contributed by atoms with E-state index in [0.29, 0.717) is 10.7 Å². The third-order valence-corrected chi connectivity index (χ3v) is 15.2. The monoisotopic (exact) mass is 960 g/mol. The maximum Gasteiger partial charge on any atom is 0.135 e. The molecule has 0 radical (unpaired) electrons. The molecular weight excluding hydrogens is 928 g/mol. The molecule has 8 heteroatoms. The van der Waals surface area contributed by atoms with Gasteiger partial charge in [-0.2, -0.15) is 0 Å². The Morgan fingerprint density at radius 2 is 0.453 bits per heavy atom. The summed E-state index contributed by atoms with van der Waals surface area (Å²) < 4.78 is 39.9. The predicted molar refractivity (Wildman–Crippen MR) is 266 cm³/mol. The highest BCUT2D eigenvalue weighted by Gasteiger charge is 2.27. The van der Waals surface area contributed by atoms with Crippen molar-refractivity contribution >= 4 is 162 Å². The molecule has 0 fully saturated rings. The van der Waals surface area contributed by atoms with Crippen LogP contribution in [0.2, 0.25) is 0 Å². The standard InChI is InChI=1S/C56H34Br2O6/c57-25-43-55-31-13-5-17-35-51(31)49(29-11-3-19-41(63-43)53(29)55)39(61-35)23-7-21-37-47-27-9-1-15-33-45(27)48(28-10-2-16-34(60-37)46(28)47)38(59-33)22-8-24-40-50-30-12-4-20-42-54(30)56(44(26-58)64-42)32-14-6-18-36(62-40)52(32)50/h1-6,9-20H,7-8,21-26H2. The summed E-state index contributed by atoms with van der Waals surface area (Å²) >= 11 is 7.36. The van der Waals surface area contributed by atoms with Crippen LogP contribution in [0.25, 0.3) is 130 Å². The van der Waals surface area contributed by atoms with Crippen LogP contribution in [0.4, 0.5) is 0 Å². The van der Waals surface area contributed by atoms with Crippen LogP contribution < -0.4 is 0 Å². The summed E-state index contributed by atoms with van der Waals surface area (Å²) in [4.78, 5) is 0. The Kier molecular flexibility index (Phi) is 7.33. The largest absolute Gasteiger partial charge is 0.460 e. The first kappa shape index (κ1) is 35.9. The average Bonchev–Trinajstić information content (AvgIpc) is 4.18. The minimum Gasteiger partial charge on any atom is -0.460 e. The van der Waals surface area contributed by atoms with Crippen LogP contribution in [0.3, 0.4) is 0 Å². The van der Waals surface area contributed by atoms with E-state index in [4.69, 9.17) is 26.5 Å². The van der Waals surface area contributed by atoms with E-state index in [1.165, 1.54) is 97.0 Å². The minimum atomic E-state index is 0.652. The van der Waals surface area contributed by atoms with E-state index in [0.717, 1.165) is 107 Å². The van der Waals surface area contributed by atoms with Gasteiger partial charge in [-0.3, -0.25) is 0 Å². The van der Waals surface area contributed by atoms with Crippen molar-refractivity contribution in [1.82, 2.24) is 0 Å². The zero-order valence-corrected chi connectivity index (χ0v) is 37.4. The molecule has 0 saturated heterocycles. The van der Waals surface area contributed by atoms with Gasteiger partial charge in [0.1, 0.15) is 68.1 Å². The lowest BCUT2D eigenvalue weighted by molar-refractivity contribution is 0.516. The molecular formula is C56H34Br2O6. The van der Waals surface area contributed by atoms with Gasteiger partial charge in [0, 0.05) is 90.3 Å². The van der Waals surface area contributed by atoms with Gasteiger partial charge >= 0.3 is 0 Å². The van der Waals surface area contributed by atoms with E-state index in [1.54, 1.807) is 0 Å². The molecule has 6 heterocycles. The summed E-state index contributed by atoms with van der Waals surface area (Å²) in [6.07, 6.45) is 4.82. The normalized spacial score (nSPS) is 13.0. The van der Waals surface area contributed by atoms with E-state index in [-0.39, 0.29) is 0 Å². The zero-order chi connectivity index (χ0) is 41.9. The zero-order valence-electron chi connectivity index (χ0n) is 34.3. The first-order chi connectivity index (χ1) is 31.7. The van der Waals surface area contributed by atoms with Crippen molar-refractivity contribution in [3.05, 3.63) is 144 Å². The molecule has 0 aliphatic heterocycles. The fraction of sp³-hybridized carbons (Fsp3) is 0.143. The highest BCUT2D eigenvalue weighted by Crippen LogP contribution is 2.50. The summed E-state index contributed by atoms with van der Waals surface area (Å²) in [6, 6.07) is 38.5. The molecule has 0 aliphatic rings. The molecule has 0 amide bonds. The number of halogens is 2. The molecule has 0 atom stereocenters. The van der Waals surface area contributed by atoms with Crippen molar-refractivity contribution in [2.75, 3.05) is 0 Å². The lowest BCUT2D eigenvalue weighted by Crippen LogP contribution is -1.91. The maximum absolute atomic E-state index is 6.84. The molecule has 15 aromatic rings. The van der Waals surface area contributed by atoms with Gasteiger partial charge in [0.05, 0.1) is 10.7 Å². The number of alkyl halides is 2. The number of hydrogen-bond acceptors (Lipinski definition) is 6. The smallest absolute Gasteiger partial charge is 0.135 e. The van der Waals surface area contributed by atoms with Gasteiger partial charge in [-0.25, -0.2) is 0 Å². The Morgan fingerprint density at radius 1 is 0.250 bits per heavy atom. The molecule has 0 saturated carbocycles. The van der Waals surface area contributed by atoms with Crippen molar-refractivity contribution in [1.29, 1.82) is 0 Å². The highest BCUT2D eigenvalue weighted by molar-refractivity contribution is 9.08. The summed E-state index contributed by atoms with van der Waals surface area (Å²) in [5, 5.41) is 22.5. The third kappa shape index (κ3) is 4.59. The number of aryl methyl sites for hydroxylation is 4. The summed E-state index contributed by atoms with van der Waals surface area (Å²) in [5.41, 5.74) is 5.49. The van der Waals surface area contributed by atoms with Crippen molar-refractivity contribution in [2.24, 2.45) is 0 Å². The second-order valence-corrected chi connectivity index (χ2v) is 18.6. The fourth-order valence-electron chi connectivity index (χ4n) is 11.9. The summed E-state index contributed by atoms with van der Waals surface area (Å²) in [6.45, 7) is 0. The molecule has 15 rings (SSSR count). The molecule has 0 spiro atoms. The van der Waals surface area contributed by atoms with Gasteiger partial charge in [0.15, 0.2) is 0 Å². The molecule has 0 aliphatic carbocycles. The molecule has 64 heavy (non-hydrogen) atoms. The van der Waals surface area contributed by atoms with Crippen LogP contribution in [0, 0.1) is 0 Å². The van der Waals surface area contributed by atoms with Crippen molar-refractivity contribution < 1.29 is 26.5 Å². The fourth-order valence-corrected chi connectivity index (χ4v) is 12.6. The van der Waals surface area contributed by atoms with E-state index in [2.05, 4.69) is 141 Å². The summed E-state index contributed by atoms with van der Waals surface area (Å²) in [7, 11) is 0. The molecule has 6 aromatic heterocycles. The van der Waals surface area contributed by atoms with Crippen molar-refractivity contribution in [3.8, 4) is 0 Å². The Bertz CT molecular complexity index is 4070. The van der Waals surface area contributed by atoms with Gasteiger partial charge in [0.25, 0.3) is 0 Å². The number of rotatable bonds is 10. The number of furan rings is 6. The van der Waals surface area contributed by atoms with Gasteiger partial charge in [0.2, 0.25) is 0 Å². The van der Waals surface area contributed by atoms with E-state index >= 15 is 0 Å². The molecule has 0 N–H and O–H groups in total. The number of hydrogen-bond donors (Lipinski definition) is 0. The highest BCUT2D eigenvalue weighted by atomic mass is 79.9. The first-order valence-electron chi connectivity index (χ1n) is 22.1. The predicted octanol–water partition coefficient (Wildman–Crippen LogP) is 17.5. The van der Waals surface area contributed by atoms with Gasteiger partial charge in [-0.05, 0) is 81.6 Å². The van der Waals surface area contributed by atoms with Crippen LogP contribution >= 0.6 is 31.9 Å². The lowest BCUT2D eigenvalue weighted by atomic mass is 9.92. The van der Waals surface area contributed by atoms with Crippen LogP contribution in [0.5, 0.6) is 0 Å². The molecule has 0 bridgehead atoms. The maximum atomic E-state index is 6.84. The van der Waals surface area contributed by atoms with Crippen LogP contribution in [-0.4, -0.2) is 0 Å². The first-order valence-corrected chi connectivity index (χ1v) is 24.3. The molecule has 0 unspecified atom stereocenters. The Morgan fingerprint density at radius 3 is 0.672 bits per heavy atom. The van der Waals surface area contributed by atoms with Gasteiger partial charge in [-0.15, -0.1) is 0 Å². The Balaban J connectivity index is 0.794. The van der Waals surface area contributed by atoms with E-state index in [9.17, 15) is 0 Å². The van der Waals surface area contributed by atoms with Crippen LogP contribution in [0.15, 0.2) is 136 Å². The quantitative estimate of drug-likeness (QED) is 0.100. The molecule has 9 aromatic carbocycles. The van der Waals surface area contributed by atoms with Crippen LogP contribution in [-0.2, 0) is 36.3 Å². The summed E-state index contributed by atoms with van der Waals surface area (Å²) in [5.74, 6) is 5.94. The Labute approximate surface area is 379 Å². The topological polar surface area (TPSA) is 78.8 Å². The van der Waals surface area contributed by atoms with E-state index in [1.807, 2.05) is 0 Å². The number of benzene rings is 9. The average molecular weight is 963 g/mol. The van der Waals surface area contributed by atoms with Crippen molar-refractivity contribution in [2.45, 2.75) is 49.2 Å². The van der Waals surface area contributed by atoms with Gasteiger partial charge in [-0.1, -0.05) is 105 Å². The number of fused-ring (bicyclic) bond motifs is 6. The SMILES string of the molecule is BrCc1oc2cccc3c4c(CCCc5oc6cccc7c8c(CCCc9oc%10cccc%11c%12c(CBr)oc%13cccc(c9c%10%11)c%13%12)oc9cccc(c5c67)c98)oc5cccc(c1c23)c54. The van der Waals surface area contributed by atoms with E-state index < -0.39 is 0 Å².